The van der Waals surface area contributed by atoms with E-state index in [0.717, 1.165) is 18.9 Å². The fourth-order valence-electron chi connectivity index (χ4n) is 2.37. The first kappa shape index (κ1) is 15.8. The Hall–Kier alpha value is -1.60. The summed E-state index contributed by atoms with van der Waals surface area (Å²) >= 11 is 0. The lowest BCUT2D eigenvalue weighted by molar-refractivity contribution is -0.255. The number of benzene rings is 1. The van der Waals surface area contributed by atoms with Crippen LogP contribution in [0, 0.1) is 5.92 Å². The second-order valence-corrected chi connectivity index (χ2v) is 7.15. The Bertz CT molecular complexity index is 633. The number of piperidine rings is 1. The van der Waals surface area contributed by atoms with Gasteiger partial charge in [0.05, 0.1) is 13.1 Å². The highest BCUT2D eigenvalue weighted by Gasteiger charge is 2.30. The first-order valence-electron chi connectivity index (χ1n) is 6.75. The summed E-state index contributed by atoms with van der Waals surface area (Å²) in [5.74, 6) is -0.784. The van der Waals surface area contributed by atoms with Crippen LogP contribution < -0.4 is 9.84 Å². The number of hydrogen-bond acceptors (Lipinski definition) is 5. The maximum atomic E-state index is 12.7. The Morgan fingerprint density at radius 1 is 1.33 bits per heavy atom. The van der Waals surface area contributed by atoms with Crippen molar-refractivity contribution in [1.82, 2.24) is 4.31 Å². The van der Waals surface area contributed by atoms with Gasteiger partial charge in [-0.15, -0.1) is 0 Å². The summed E-state index contributed by atoms with van der Waals surface area (Å²) in [5, 5.41) is 10.9. The van der Waals surface area contributed by atoms with Crippen LogP contribution in [0.4, 0.5) is 0 Å². The van der Waals surface area contributed by atoms with Gasteiger partial charge in [0.15, 0.2) is 0 Å². The lowest BCUT2D eigenvalue weighted by Gasteiger charge is -2.30. The molecule has 1 heterocycles. The molecule has 1 fully saturated rings. The van der Waals surface area contributed by atoms with E-state index >= 15 is 0 Å². The van der Waals surface area contributed by atoms with Crippen molar-refractivity contribution >= 4 is 16.0 Å². The molecule has 0 radical (unpaired) electrons. The zero-order valence-corrected chi connectivity index (χ0v) is 12.9. The minimum atomic E-state index is -3.77. The Kier molecular flexibility index (Phi) is 4.53. The first-order chi connectivity index (χ1) is 9.86. The van der Waals surface area contributed by atoms with Crippen LogP contribution in [-0.2, 0) is 10.0 Å². The van der Waals surface area contributed by atoms with Crippen LogP contribution in [0.15, 0.2) is 23.1 Å². The molecule has 116 valence electrons. The molecule has 1 aliphatic heterocycles. The number of carboxylic acid groups (broad SMARTS) is 1. The summed E-state index contributed by atoms with van der Waals surface area (Å²) in [4.78, 5) is 10.8. The quantitative estimate of drug-likeness (QED) is 0.807. The molecule has 0 bridgehead atoms. The van der Waals surface area contributed by atoms with E-state index in [0.29, 0.717) is 19.0 Å². The molecular weight excluding hydrogens is 294 g/mol. The summed E-state index contributed by atoms with van der Waals surface area (Å²) < 4.78 is 31.8. The van der Waals surface area contributed by atoms with Crippen LogP contribution in [0.25, 0.3) is 0 Å². The third kappa shape index (κ3) is 3.19. The third-order valence-electron chi connectivity index (χ3n) is 3.76. The minimum absolute atomic E-state index is 0.124. The second-order valence-electron chi connectivity index (χ2n) is 5.24. The molecule has 0 atom stereocenters. The van der Waals surface area contributed by atoms with Crippen molar-refractivity contribution in [1.29, 1.82) is 0 Å². The van der Waals surface area contributed by atoms with Gasteiger partial charge in [-0.05, 0) is 42.5 Å². The number of aromatic carboxylic acids is 1. The van der Waals surface area contributed by atoms with Crippen molar-refractivity contribution in [3.63, 3.8) is 0 Å². The molecule has 0 amide bonds. The van der Waals surface area contributed by atoms with Gasteiger partial charge in [-0.25, -0.2) is 8.42 Å². The Morgan fingerprint density at radius 3 is 2.48 bits per heavy atom. The van der Waals surface area contributed by atoms with E-state index in [9.17, 15) is 18.3 Å². The number of methoxy groups -OCH3 is 1. The Labute approximate surface area is 124 Å². The Morgan fingerprint density at radius 2 is 1.95 bits per heavy atom. The molecule has 1 aromatic rings. The van der Waals surface area contributed by atoms with E-state index < -0.39 is 16.0 Å². The molecule has 1 saturated heterocycles. The fourth-order valence-corrected chi connectivity index (χ4v) is 4.02. The highest BCUT2D eigenvalue weighted by molar-refractivity contribution is 7.89. The maximum Gasteiger partial charge on any atom is 0.246 e. The number of carbonyl (C=O) groups is 1. The third-order valence-corrected chi connectivity index (χ3v) is 5.68. The highest BCUT2D eigenvalue weighted by Crippen LogP contribution is 2.30. The van der Waals surface area contributed by atoms with Crippen LogP contribution in [0.3, 0.4) is 0 Å². The average molecular weight is 312 g/mol. The second kappa shape index (κ2) is 6.03. The van der Waals surface area contributed by atoms with Gasteiger partial charge in [-0.1, -0.05) is 6.92 Å². The molecule has 0 saturated carbocycles. The number of nitrogens with zero attached hydrogens (tertiary/aromatic N) is 1. The normalized spacial score (nSPS) is 17.6. The summed E-state index contributed by atoms with van der Waals surface area (Å²) in [5.41, 5.74) is -0.181. The number of sulfonamides is 1. The molecule has 6 nitrogen and oxygen atoms in total. The SMILES string of the molecule is COc1ccc(C(=O)[O-])cc1S(=O)(=O)N1CCC(C)CC1. The predicted octanol–water partition coefficient (Wildman–Crippen LogP) is 0.479. The smallest absolute Gasteiger partial charge is 0.246 e. The van der Waals surface area contributed by atoms with Crippen LogP contribution in [0.5, 0.6) is 5.75 Å². The summed E-state index contributed by atoms with van der Waals surface area (Å²) in [7, 11) is -2.41. The van der Waals surface area contributed by atoms with E-state index in [4.69, 9.17) is 4.74 Å². The molecule has 0 aromatic heterocycles. The predicted molar refractivity (Wildman–Crippen MR) is 74.5 cm³/mol. The largest absolute Gasteiger partial charge is 0.545 e. The molecule has 1 aliphatic rings. The van der Waals surface area contributed by atoms with E-state index in [1.54, 1.807) is 0 Å². The lowest BCUT2D eigenvalue weighted by atomic mass is 10.0. The van der Waals surface area contributed by atoms with Gasteiger partial charge in [0.2, 0.25) is 10.0 Å². The van der Waals surface area contributed by atoms with Gasteiger partial charge in [-0.3, -0.25) is 0 Å². The van der Waals surface area contributed by atoms with Crippen LogP contribution in [-0.4, -0.2) is 38.9 Å². The van der Waals surface area contributed by atoms with Crippen molar-refractivity contribution in [3.05, 3.63) is 23.8 Å². The van der Waals surface area contributed by atoms with Gasteiger partial charge < -0.3 is 14.6 Å². The van der Waals surface area contributed by atoms with E-state index in [1.165, 1.54) is 23.5 Å². The number of carboxylic acids is 1. The van der Waals surface area contributed by atoms with Gasteiger partial charge in [0.25, 0.3) is 0 Å². The topological polar surface area (TPSA) is 86.7 Å². The molecule has 0 aliphatic carbocycles. The average Bonchev–Trinajstić information content (AvgIpc) is 2.46. The van der Waals surface area contributed by atoms with Gasteiger partial charge >= 0.3 is 0 Å². The van der Waals surface area contributed by atoms with Crippen molar-refractivity contribution in [2.24, 2.45) is 5.92 Å². The molecule has 0 N–H and O–H groups in total. The van der Waals surface area contributed by atoms with Gasteiger partial charge in [0, 0.05) is 13.1 Å². The maximum absolute atomic E-state index is 12.7. The standard InChI is InChI=1S/C14H19NO5S/c1-10-5-7-15(8-6-10)21(18,19)13-9-11(14(16)17)3-4-12(13)20-2/h3-4,9-10H,5-8H2,1-2H3,(H,16,17)/p-1. The number of ether oxygens (including phenoxy) is 1. The zero-order chi connectivity index (χ0) is 15.6. The molecule has 2 rings (SSSR count). The molecular formula is C14H18NO5S-. The van der Waals surface area contributed by atoms with E-state index in [-0.39, 0.29) is 16.2 Å². The van der Waals surface area contributed by atoms with E-state index in [2.05, 4.69) is 6.92 Å². The highest BCUT2D eigenvalue weighted by atomic mass is 32.2. The van der Waals surface area contributed by atoms with Crippen LogP contribution >= 0.6 is 0 Å². The van der Waals surface area contributed by atoms with Crippen molar-refractivity contribution < 1.29 is 23.1 Å². The van der Waals surface area contributed by atoms with Crippen molar-refractivity contribution in [2.75, 3.05) is 20.2 Å². The summed E-state index contributed by atoms with van der Waals surface area (Å²) in [6, 6.07) is 3.71. The van der Waals surface area contributed by atoms with Gasteiger partial charge in [0.1, 0.15) is 10.6 Å². The summed E-state index contributed by atoms with van der Waals surface area (Å²) in [6.45, 7) is 2.95. The summed E-state index contributed by atoms with van der Waals surface area (Å²) in [6.07, 6.45) is 1.59. The van der Waals surface area contributed by atoms with Crippen LogP contribution in [0.2, 0.25) is 0 Å². The monoisotopic (exact) mass is 312 g/mol. The minimum Gasteiger partial charge on any atom is -0.545 e. The number of hydrogen-bond donors (Lipinski definition) is 0. The van der Waals surface area contributed by atoms with Crippen LogP contribution in [0.1, 0.15) is 30.1 Å². The fraction of sp³-hybridized carbons (Fsp3) is 0.500. The van der Waals surface area contributed by atoms with Gasteiger partial charge in [-0.2, -0.15) is 4.31 Å². The Balaban J connectivity index is 2.43. The molecule has 0 unspecified atom stereocenters. The lowest BCUT2D eigenvalue weighted by Crippen LogP contribution is -2.38. The van der Waals surface area contributed by atoms with Crippen molar-refractivity contribution in [3.8, 4) is 5.75 Å². The first-order valence-corrected chi connectivity index (χ1v) is 8.20. The number of carbonyl (C=O) groups excluding carboxylic acids is 1. The number of rotatable bonds is 4. The molecule has 7 heteroatoms. The molecule has 21 heavy (non-hydrogen) atoms. The van der Waals surface area contributed by atoms with E-state index in [1.807, 2.05) is 0 Å². The zero-order valence-electron chi connectivity index (χ0n) is 12.0. The van der Waals surface area contributed by atoms with Crippen molar-refractivity contribution in [2.45, 2.75) is 24.7 Å². The molecule has 1 aromatic carbocycles. The molecule has 0 spiro atoms.